The number of hydrogen-bond acceptors (Lipinski definition) is 4. The van der Waals surface area contributed by atoms with Gasteiger partial charge in [-0.1, -0.05) is 121 Å². The van der Waals surface area contributed by atoms with Gasteiger partial charge >= 0.3 is 48.9 Å². The van der Waals surface area contributed by atoms with Gasteiger partial charge in [-0.2, -0.15) is 0 Å². The van der Waals surface area contributed by atoms with Crippen LogP contribution in [0.25, 0.3) is 10.8 Å². The summed E-state index contributed by atoms with van der Waals surface area (Å²) in [4.78, 5) is 0.0412. The van der Waals surface area contributed by atoms with Crippen LogP contribution in [-0.4, -0.2) is 67.3 Å². The summed E-state index contributed by atoms with van der Waals surface area (Å²) in [6.45, 7) is 4.44. The molecule has 2 aromatic rings. The van der Waals surface area contributed by atoms with Gasteiger partial charge in [0.2, 0.25) is 0 Å². The fraction of sp³-hybridized carbons (Fsp3) is 0.643. The Balaban J connectivity index is 0.00000544. The molecule has 0 fully saturated rings. The van der Waals surface area contributed by atoms with Crippen molar-refractivity contribution in [3.05, 3.63) is 41.5 Å². The van der Waals surface area contributed by atoms with E-state index in [0.717, 1.165) is 43.1 Å². The van der Waals surface area contributed by atoms with Crippen molar-refractivity contribution in [2.24, 2.45) is 0 Å². The van der Waals surface area contributed by atoms with Crippen LogP contribution in [0.4, 0.5) is 0 Å². The van der Waals surface area contributed by atoms with Gasteiger partial charge in [0.15, 0.2) is 0 Å². The van der Waals surface area contributed by atoms with Gasteiger partial charge in [0.25, 0.3) is 0 Å². The molecule has 4 nitrogen and oxygen atoms in total. The van der Waals surface area contributed by atoms with Gasteiger partial charge in [-0.3, -0.25) is 0 Å². The molecule has 0 saturated carbocycles. The second-order valence-electron chi connectivity index (χ2n) is 9.27. The molecule has 34 heavy (non-hydrogen) atoms. The molecule has 0 aliphatic heterocycles. The monoisotopic (exact) mass is 614 g/mol. The molecule has 0 atom stereocenters. The molecule has 0 aromatic heterocycles. The zero-order chi connectivity index (χ0) is 23.2. The zero-order valence-electron chi connectivity index (χ0n) is 21.5. The molecule has 1 N–H and O–H groups in total. The average Bonchev–Trinajstić information content (AvgIpc) is 2.77. The van der Waals surface area contributed by atoms with Crippen LogP contribution in [0.15, 0.2) is 35.2 Å². The van der Waals surface area contributed by atoms with Gasteiger partial charge in [-0.25, -0.2) is 8.42 Å². The molecule has 2 aromatic carbocycles. The standard InChI is InChI=1S/C28H44O3S.Ba.H2O/c1-3-5-7-9-11-13-15-18-24-20-17-21-25-22-23-26(28(27(24)25)32(29,30)31)19-16-14-12-10-8-6-4-2;;/h17,20-23H,3-16,18-19H2,1-2H3,(H,29,30,31);;1H2/q;+2;/p-2. The van der Waals surface area contributed by atoms with Gasteiger partial charge in [0, 0.05) is 5.39 Å². The molecule has 188 valence electrons. The molecule has 0 unspecified atom stereocenters. The molecule has 0 spiro atoms. The van der Waals surface area contributed by atoms with Gasteiger partial charge in [0.1, 0.15) is 10.1 Å². The Kier molecular flexibility index (Phi) is 19.4. The second kappa shape index (κ2) is 19.3. The Morgan fingerprint density at radius 2 is 1.12 bits per heavy atom. The molecular formula is C28H44BaO4S. The third kappa shape index (κ3) is 11.9. The maximum atomic E-state index is 12.3. The number of rotatable bonds is 17. The molecule has 0 aliphatic carbocycles. The SMILES string of the molecule is CCCCCCCCCc1ccc2cccc(CCCCCCCCC)c2c1S(=O)(=O)[O-].[Ba+2].[OH-]. The normalized spacial score (nSPS) is 11.3. The predicted molar refractivity (Wildman–Crippen MR) is 143 cm³/mol. The van der Waals surface area contributed by atoms with E-state index in [4.69, 9.17) is 0 Å². The third-order valence-electron chi connectivity index (χ3n) is 6.52. The molecule has 0 amide bonds. The summed E-state index contributed by atoms with van der Waals surface area (Å²) in [6, 6.07) is 9.77. The van der Waals surface area contributed by atoms with Crippen LogP contribution in [-0.2, 0) is 23.0 Å². The van der Waals surface area contributed by atoms with E-state index in [9.17, 15) is 13.0 Å². The molecule has 0 radical (unpaired) electrons. The van der Waals surface area contributed by atoms with Crippen molar-refractivity contribution in [2.75, 3.05) is 0 Å². The maximum Gasteiger partial charge on any atom is 2.00 e. The minimum Gasteiger partial charge on any atom is -0.870 e. The number of aryl methyl sites for hydroxylation is 2. The molecule has 2 rings (SSSR count). The minimum absolute atomic E-state index is 0. The number of unbranched alkanes of at least 4 members (excludes halogenated alkanes) is 12. The van der Waals surface area contributed by atoms with E-state index in [-0.39, 0.29) is 59.3 Å². The van der Waals surface area contributed by atoms with Crippen molar-refractivity contribution < 1.29 is 18.4 Å². The van der Waals surface area contributed by atoms with E-state index in [2.05, 4.69) is 13.8 Å². The van der Waals surface area contributed by atoms with Gasteiger partial charge < -0.3 is 10.0 Å². The number of benzene rings is 2. The van der Waals surface area contributed by atoms with Crippen molar-refractivity contribution in [3.63, 3.8) is 0 Å². The zero-order valence-corrected chi connectivity index (χ0v) is 26.7. The summed E-state index contributed by atoms with van der Waals surface area (Å²) < 4.78 is 37.0. The van der Waals surface area contributed by atoms with Crippen LogP contribution in [0.2, 0.25) is 0 Å². The van der Waals surface area contributed by atoms with Crippen LogP contribution in [0, 0.1) is 0 Å². The fourth-order valence-electron chi connectivity index (χ4n) is 4.70. The first-order valence-corrected chi connectivity index (χ1v) is 14.4. The molecule has 0 saturated heterocycles. The molecule has 6 heteroatoms. The molecule has 0 bridgehead atoms. The van der Waals surface area contributed by atoms with E-state index in [1.54, 1.807) is 0 Å². The van der Waals surface area contributed by atoms with Crippen LogP contribution >= 0.6 is 0 Å². The van der Waals surface area contributed by atoms with Gasteiger partial charge in [0.05, 0.1) is 4.90 Å². The predicted octanol–water partition coefficient (Wildman–Crippen LogP) is 7.77. The number of hydrogen-bond donors (Lipinski definition) is 0. The summed E-state index contributed by atoms with van der Waals surface area (Å²) in [5.41, 5.74) is 1.71. The third-order valence-corrected chi connectivity index (χ3v) is 7.48. The summed E-state index contributed by atoms with van der Waals surface area (Å²) in [7, 11) is -4.53. The Hall–Kier alpha value is 0.141. The van der Waals surface area contributed by atoms with Crippen LogP contribution in [0.3, 0.4) is 0 Å². The summed E-state index contributed by atoms with van der Waals surface area (Å²) in [5, 5.41) is 1.54. The van der Waals surface area contributed by atoms with Crippen LogP contribution in [0.5, 0.6) is 0 Å². The van der Waals surface area contributed by atoms with Crippen molar-refractivity contribution in [1.29, 1.82) is 0 Å². The Bertz CT molecular complexity index is 912. The van der Waals surface area contributed by atoms with E-state index < -0.39 is 10.1 Å². The fourth-order valence-corrected chi connectivity index (χ4v) is 5.69. The summed E-state index contributed by atoms with van der Waals surface area (Å²) >= 11 is 0. The maximum absolute atomic E-state index is 12.3. The largest absolute Gasteiger partial charge is 2.00 e. The van der Waals surface area contributed by atoms with E-state index >= 15 is 0 Å². The molecule has 0 aliphatic rings. The van der Waals surface area contributed by atoms with Crippen molar-refractivity contribution in [1.82, 2.24) is 0 Å². The van der Waals surface area contributed by atoms with Crippen LogP contribution < -0.4 is 0 Å². The second-order valence-corrected chi connectivity index (χ2v) is 10.6. The first-order valence-electron chi connectivity index (χ1n) is 13.0. The Morgan fingerprint density at radius 1 is 0.647 bits per heavy atom. The first kappa shape index (κ1) is 34.1. The first-order chi connectivity index (χ1) is 15.5. The van der Waals surface area contributed by atoms with Crippen molar-refractivity contribution in [2.45, 2.75) is 121 Å². The van der Waals surface area contributed by atoms with Gasteiger partial charge in [-0.15, -0.1) is 0 Å². The van der Waals surface area contributed by atoms with E-state index in [1.807, 2.05) is 30.3 Å². The van der Waals surface area contributed by atoms with E-state index in [1.165, 1.54) is 64.2 Å². The van der Waals surface area contributed by atoms with Crippen molar-refractivity contribution >= 4 is 69.8 Å². The van der Waals surface area contributed by atoms with Crippen LogP contribution in [0.1, 0.15) is 115 Å². The molecule has 0 heterocycles. The minimum atomic E-state index is -4.53. The summed E-state index contributed by atoms with van der Waals surface area (Å²) in [5.74, 6) is 0. The smallest absolute Gasteiger partial charge is 0.870 e. The Morgan fingerprint density at radius 3 is 1.62 bits per heavy atom. The average molecular weight is 614 g/mol. The quantitative estimate of drug-likeness (QED) is 0.104. The topological polar surface area (TPSA) is 87.2 Å². The molecular weight excluding hydrogens is 570 g/mol. The van der Waals surface area contributed by atoms with Crippen molar-refractivity contribution in [3.8, 4) is 0 Å². The van der Waals surface area contributed by atoms with E-state index in [0.29, 0.717) is 17.4 Å². The number of fused-ring (bicyclic) bond motifs is 1. The van der Waals surface area contributed by atoms with Gasteiger partial charge in [-0.05, 0) is 42.2 Å². The summed E-state index contributed by atoms with van der Waals surface area (Å²) in [6.07, 6.45) is 18.2. The Labute approximate surface area is 248 Å².